The van der Waals surface area contributed by atoms with Gasteiger partial charge in [0, 0.05) is 33.8 Å². The molecule has 7 nitrogen and oxygen atoms in total. The molecule has 0 rings (SSSR count). The molecule has 0 saturated heterocycles. The van der Waals surface area contributed by atoms with E-state index in [2.05, 4.69) is 4.31 Å². The summed E-state index contributed by atoms with van der Waals surface area (Å²) in [5, 5.41) is 0. The van der Waals surface area contributed by atoms with E-state index < -0.39 is 15.6 Å². The fourth-order valence-corrected chi connectivity index (χ4v) is 1.25. The second kappa shape index (κ2) is 8.21. The Hall–Kier alpha value is 1.88. The second-order valence-electron chi connectivity index (χ2n) is 1.06. The van der Waals surface area contributed by atoms with Gasteiger partial charge in [0.25, 0.3) is 0 Å². The third-order valence-electron chi connectivity index (χ3n) is 0.213. The molecule has 0 amide bonds. The molecule has 0 aromatic carbocycles. The summed E-state index contributed by atoms with van der Waals surface area (Å²) in [6.45, 7) is 0. The molecule has 0 saturated carbocycles. The predicted octanol–water partition coefficient (Wildman–Crippen LogP) is -1.47. The third kappa shape index (κ3) is 22.6. The molecule has 0 unspecified atom stereocenters. The molecule has 0 bridgehead atoms. The van der Waals surface area contributed by atoms with Gasteiger partial charge in [0.1, 0.15) is 0 Å². The molecule has 4 N–H and O–H groups in total. The first-order valence-electron chi connectivity index (χ1n) is 1.53. The van der Waals surface area contributed by atoms with E-state index in [0.717, 1.165) is 0 Å². The fourth-order valence-electron chi connectivity index (χ4n) is 0.139. The van der Waals surface area contributed by atoms with E-state index in [1.54, 1.807) is 0 Å². The van der Waals surface area contributed by atoms with Gasteiger partial charge in [-0.05, 0) is 0 Å². The van der Waals surface area contributed by atoms with Gasteiger partial charge in [-0.25, -0.2) is 9.13 Å². The van der Waals surface area contributed by atoms with Crippen molar-refractivity contribution in [2.24, 2.45) is 0 Å². The van der Waals surface area contributed by atoms with Crippen molar-refractivity contribution in [2.45, 2.75) is 0 Å². The summed E-state index contributed by atoms with van der Waals surface area (Å²) >= 11 is 0. The molecular formula is H5CoFeLiO7P2. The van der Waals surface area contributed by atoms with Crippen LogP contribution in [0.3, 0.4) is 0 Å². The van der Waals surface area contributed by atoms with E-state index in [9.17, 15) is 9.13 Å². The van der Waals surface area contributed by atoms with Crippen molar-refractivity contribution in [3.05, 3.63) is 0 Å². The van der Waals surface area contributed by atoms with Gasteiger partial charge in [0.2, 0.25) is 0 Å². The van der Waals surface area contributed by atoms with E-state index in [0.29, 0.717) is 0 Å². The summed E-state index contributed by atoms with van der Waals surface area (Å²) in [5.74, 6) is 0. The zero-order valence-electron chi connectivity index (χ0n) is 4.59. The first kappa shape index (κ1) is 23.6. The van der Waals surface area contributed by atoms with Crippen LogP contribution >= 0.6 is 15.6 Å². The minimum absolute atomic E-state index is 0. The van der Waals surface area contributed by atoms with Crippen molar-refractivity contribution < 1.29 is 66.9 Å². The molecule has 0 atom stereocenters. The average Bonchev–Trinajstić information content (AvgIpc) is 1.14. The fraction of sp³-hybridized carbons (Fsp3) is 0. The van der Waals surface area contributed by atoms with Crippen LogP contribution in [0.1, 0.15) is 0 Å². The van der Waals surface area contributed by atoms with Crippen molar-refractivity contribution in [3.8, 4) is 0 Å². The quantitative estimate of drug-likeness (QED) is 0.363. The Kier molecular flexibility index (Phi) is 16.1. The van der Waals surface area contributed by atoms with Crippen molar-refractivity contribution in [2.75, 3.05) is 0 Å². The Bertz CT molecular complexity index is 162. The molecule has 12 heavy (non-hydrogen) atoms. The number of hydrogen-bond donors (Lipinski definition) is 4. The molecular weight excluding hydrogens is 296 g/mol. The van der Waals surface area contributed by atoms with Gasteiger partial charge in [-0.15, -0.1) is 0 Å². The Morgan fingerprint density at radius 1 is 0.917 bits per heavy atom. The Morgan fingerprint density at radius 3 is 1.08 bits per heavy atom. The minimum atomic E-state index is -5.05. The van der Waals surface area contributed by atoms with E-state index in [4.69, 9.17) is 19.6 Å². The van der Waals surface area contributed by atoms with Gasteiger partial charge in [0.05, 0.1) is 0 Å². The monoisotopic (exact) mass is 301 g/mol. The average molecular weight is 301 g/mol. The zero-order chi connectivity index (χ0) is 7.71. The molecule has 0 aromatic heterocycles. The van der Waals surface area contributed by atoms with E-state index in [1.165, 1.54) is 0 Å². The molecule has 0 spiro atoms. The van der Waals surface area contributed by atoms with E-state index in [1.807, 2.05) is 0 Å². The van der Waals surface area contributed by atoms with Crippen LogP contribution < -0.4 is 0 Å². The molecule has 1 radical (unpaired) electrons. The summed E-state index contributed by atoms with van der Waals surface area (Å²) < 4.78 is 22.2. The van der Waals surface area contributed by atoms with Crippen LogP contribution in [-0.2, 0) is 47.3 Å². The predicted molar refractivity (Wildman–Crippen MR) is 32.3 cm³/mol. The topological polar surface area (TPSA) is 124 Å². The molecule has 0 fully saturated rings. The maximum atomic E-state index is 9.63. The number of rotatable bonds is 2. The third-order valence-corrected chi connectivity index (χ3v) is 1.91. The summed E-state index contributed by atoms with van der Waals surface area (Å²) in [7, 11) is -10.1. The van der Waals surface area contributed by atoms with Gasteiger partial charge in [0.15, 0.2) is 0 Å². The van der Waals surface area contributed by atoms with Gasteiger partial charge in [-0.1, -0.05) is 0 Å². The SMILES string of the molecule is O=P(O)(O)OP(=O)(O)O.[Co].[Fe].[LiH]. The van der Waals surface area contributed by atoms with Crippen LogP contribution in [0.4, 0.5) is 0 Å². The molecule has 75 valence electrons. The Morgan fingerprint density at radius 2 is 1.08 bits per heavy atom. The van der Waals surface area contributed by atoms with Crippen molar-refractivity contribution in [3.63, 3.8) is 0 Å². The molecule has 12 heteroatoms. The van der Waals surface area contributed by atoms with E-state index in [-0.39, 0.29) is 52.7 Å². The van der Waals surface area contributed by atoms with Crippen LogP contribution in [0, 0.1) is 0 Å². The number of hydrogen-bond acceptors (Lipinski definition) is 3. The molecule has 0 aliphatic heterocycles. The summed E-state index contributed by atoms with van der Waals surface area (Å²) in [4.78, 5) is 31.0. The van der Waals surface area contributed by atoms with Crippen LogP contribution in [0.5, 0.6) is 0 Å². The van der Waals surface area contributed by atoms with Crippen LogP contribution in [0.15, 0.2) is 0 Å². The molecule has 0 aromatic rings. The van der Waals surface area contributed by atoms with Gasteiger partial charge >= 0.3 is 34.5 Å². The number of phosphoric acid groups is 2. The van der Waals surface area contributed by atoms with Gasteiger partial charge < -0.3 is 19.6 Å². The summed E-state index contributed by atoms with van der Waals surface area (Å²) in [6, 6.07) is 0. The molecule has 0 aliphatic carbocycles. The van der Waals surface area contributed by atoms with Crippen molar-refractivity contribution in [1.29, 1.82) is 0 Å². The van der Waals surface area contributed by atoms with Gasteiger partial charge in [-0.3, -0.25) is 0 Å². The standard InChI is InChI=1S/Co.Fe.Li.H4O7P2.H/c;;;1-8(2,3)7-9(4,5)6;/h;;;(H2,1,2,3)(H2,4,5,6);. The van der Waals surface area contributed by atoms with Crippen molar-refractivity contribution in [1.82, 2.24) is 0 Å². The Labute approximate surface area is 101 Å². The summed E-state index contributed by atoms with van der Waals surface area (Å²) in [5.41, 5.74) is 0. The molecule has 0 aliphatic rings. The van der Waals surface area contributed by atoms with Crippen LogP contribution in [0.2, 0.25) is 0 Å². The first-order chi connectivity index (χ1) is 3.71. The normalized spacial score (nSPS) is 10.3. The van der Waals surface area contributed by atoms with E-state index >= 15 is 0 Å². The summed E-state index contributed by atoms with van der Waals surface area (Å²) in [6.07, 6.45) is 0. The van der Waals surface area contributed by atoms with Crippen LogP contribution in [-0.4, -0.2) is 38.4 Å². The maximum absolute atomic E-state index is 9.63. The second-order valence-corrected chi connectivity index (χ2v) is 3.68. The zero-order valence-corrected chi connectivity index (χ0v) is 8.53. The van der Waals surface area contributed by atoms with Crippen LogP contribution in [0.25, 0.3) is 0 Å². The Balaban J connectivity index is -0.000000107. The van der Waals surface area contributed by atoms with Gasteiger partial charge in [-0.2, -0.15) is 4.31 Å². The van der Waals surface area contributed by atoms with Crippen molar-refractivity contribution >= 4 is 34.5 Å². The molecule has 0 heterocycles. The first-order valence-corrected chi connectivity index (χ1v) is 4.59.